The van der Waals surface area contributed by atoms with E-state index in [1.54, 1.807) is 29.2 Å². The summed E-state index contributed by atoms with van der Waals surface area (Å²) >= 11 is 18.6. The Morgan fingerprint density at radius 3 is 2.17 bits per heavy atom. The predicted molar refractivity (Wildman–Crippen MR) is 167 cm³/mol. The van der Waals surface area contributed by atoms with Crippen molar-refractivity contribution in [2.75, 3.05) is 17.1 Å². The third-order valence-corrected chi connectivity index (χ3v) is 8.24. The molecule has 0 saturated heterocycles. The van der Waals surface area contributed by atoms with Crippen molar-refractivity contribution in [2.45, 2.75) is 51.7 Å². The van der Waals surface area contributed by atoms with E-state index in [0.29, 0.717) is 16.5 Å². The number of rotatable bonds is 13. The molecule has 0 fully saturated rings. The molecule has 7 nitrogen and oxygen atoms in total. The Bertz CT molecular complexity index is 1450. The molecule has 0 spiro atoms. The van der Waals surface area contributed by atoms with Crippen LogP contribution in [0, 0.1) is 0 Å². The maximum Gasteiger partial charge on any atom is 0.243 e. The van der Waals surface area contributed by atoms with E-state index in [-0.39, 0.29) is 54.5 Å². The molecule has 0 saturated carbocycles. The Kier molecular flexibility index (Phi) is 11.9. The monoisotopic (exact) mass is 637 g/mol. The van der Waals surface area contributed by atoms with Crippen molar-refractivity contribution in [1.82, 2.24) is 10.2 Å². The molecule has 0 aliphatic rings. The minimum absolute atomic E-state index is 0.00279. The average molecular weight is 639 g/mol. The van der Waals surface area contributed by atoms with Crippen LogP contribution in [0.1, 0.15) is 37.8 Å². The Morgan fingerprint density at radius 1 is 0.878 bits per heavy atom. The number of benzene rings is 3. The summed E-state index contributed by atoms with van der Waals surface area (Å²) in [6.07, 6.45) is 1.55. The Labute approximate surface area is 257 Å². The molecule has 0 aromatic heterocycles. The zero-order valence-electron chi connectivity index (χ0n) is 23.2. The van der Waals surface area contributed by atoms with E-state index in [2.05, 4.69) is 5.32 Å². The largest absolute Gasteiger partial charge is 0.352 e. The van der Waals surface area contributed by atoms with Crippen LogP contribution >= 0.6 is 34.8 Å². The highest BCUT2D eigenvalue weighted by atomic mass is 35.5. The van der Waals surface area contributed by atoms with Crippen molar-refractivity contribution >= 4 is 62.3 Å². The molecule has 220 valence electrons. The van der Waals surface area contributed by atoms with Gasteiger partial charge >= 0.3 is 0 Å². The number of amides is 2. The van der Waals surface area contributed by atoms with Crippen LogP contribution in [0.3, 0.4) is 0 Å². The minimum atomic E-state index is -3.73. The van der Waals surface area contributed by atoms with E-state index < -0.39 is 16.1 Å². The van der Waals surface area contributed by atoms with Crippen molar-refractivity contribution in [3.05, 3.63) is 99.0 Å². The maximum absolute atomic E-state index is 13.8. The normalized spacial score (nSPS) is 12.2. The molecule has 0 aliphatic heterocycles. The summed E-state index contributed by atoms with van der Waals surface area (Å²) in [5.74, 6) is -0.571. The Balaban J connectivity index is 1.90. The lowest BCUT2D eigenvalue weighted by atomic mass is 10.0. The fraction of sp³-hybridized carbons (Fsp3) is 0.333. The lowest BCUT2D eigenvalue weighted by Gasteiger charge is -2.32. The lowest BCUT2D eigenvalue weighted by Crippen LogP contribution is -2.51. The molecule has 1 atom stereocenters. The van der Waals surface area contributed by atoms with Crippen LogP contribution in [0.15, 0.2) is 72.8 Å². The fourth-order valence-electron chi connectivity index (χ4n) is 4.43. The zero-order valence-corrected chi connectivity index (χ0v) is 26.3. The van der Waals surface area contributed by atoms with Gasteiger partial charge in [-0.2, -0.15) is 0 Å². The molecular weight excluding hydrogens is 605 g/mol. The smallest absolute Gasteiger partial charge is 0.243 e. The molecule has 11 heteroatoms. The Morgan fingerprint density at radius 2 is 1.54 bits per heavy atom. The van der Waals surface area contributed by atoms with Crippen molar-refractivity contribution in [3.8, 4) is 0 Å². The van der Waals surface area contributed by atoms with E-state index in [0.717, 1.165) is 21.7 Å². The van der Waals surface area contributed by atoms with Crippen LogP contribution in [0.4, 0.5) is 5.69 Å². The van der Waals surface area contributed by atoms with Gasteiger partial charge in [0.05, 0.1) is 17.0 Å². The van der Waals surface area contributed by atoms with Crippen molar-refractivity contribution in [3.63, 3.8) is 0 Å². The zero-order chi connectivity index (χ0) is 30.2. The second-order valence-corrected chi connectivity index (χ2v) is 13.2. The van der Waals surface area contributed by atoms with Crippen LogP contribution in [-0.2, 0) is 32.6 Å². The molecule has 0 unspecified atom stereocenters. The van der Waals surface area contributed by atoms with Crippen LogP contribution in [0.2, 0.25) is 15.1 Å². The first-order valence-corrected chi connectivity index (χ1v) is 16.1. The number of nitrogens with zero attached hydrogens (tertiary/aromatic N) is 2. The van der Waals surface area contributed by atoms with Crippen molar-refractivity contribution < 1.29 is 18.0 Å². The van der Waals surface area contributed by atoms with Crippen LogP contribution in [0.5, 0.6) is 0 Å². The second kappa shape index (κ2) is 14.9. The first-order valence-electron chi connectivity index (χ1n) is 13.2. The predicted octanol–water partition coefficient (Wildman–Crippen LogP) is 6.36. The van der Waals surface area contributed by atoms with Crippen molar-refractivity contribution in [2.24, 2.45) is 0 Å². The summed E-state index contributed by atoms with van der Waals surface area (Å²) in [5, 5.41) is 4.03. The molecule has 0 bridgehead atoms. The topological polar surface area (TPSA) is 86.8 Å². The number of nitrogens with one attached hydrogen (secondary N) is 1. The number of hydrogen-bond donors (Lipinski definition) is 1. The van der Waals surface area contributed by atoms with Crippen LogP contribution in [0.25, 0.3) is 0 Å². The SMILES string of the molecule is CC(C)NC(=O)[C@H](Cc1ccccc1)N(Cc1cccc(Cl)c1)C(=O)CCCN(c1cc(Cl)ccc1Cl)S(C)(=O)=O. The van der Waals surface area contributed by atoms with E-state index in [1.807, 2.05) is 50.2 Å². The molecule has 3 aromatic carbocycles. The molecule has 3 rings (SSSR count). The van der Waals surface area contributed by atoms with Crippen molar-refractivity contribution in [1.29, 1.82) is 0 Å². The van der Waals surface area contributed by atoms with E-state index in [4.69, 9.17) is 34.8 Å². The third-order valence-electron chi connectivity index (χ3n) is 6.27. The number of anilines is 1. The van der Waals surface area contributed by atoms with Gasteiger partial charge in [-0.25, -0.2) is 8.42 Å². The van der Waals surface area contributed by atoms with Gasteiger partial charge < -0.3 is 10.2 Å². The highest BCUT2D eigenvalue weighted by Crippen LogP contribution is 2.31. The maximum atomic E-state index is 13.8. The highest BCUT2D eigenvalue weighted by Gasteiger charge is 2.31. The van der Waals surface area contributed by atoms with Gasteiger partial charge in [0.1, 0.15) is 6.04 Å². The van der Waals surface area contributed by atoms with Crippen LogP contribution < -0.4 is 9.62 Å². The van der Waals surface area contributed by atoms with Gasteiger partial charge in [-0.1, -0.05) is 77.3 Å². The number of sulfonamides is 1. The third kappa shape index (κ3) is 9.92. The van der Waals surface area contributed by atoms with Gasteiger partial charge in [0.25, 0.3) is 0 Å². The summed E-state index contributed by atoms with van der Waals surface area (Å²) in [4.78, 5) is 28.9. The highest BCUT2D eigenvalue weighted by molar-refractivity contribution is 7.92. The summed E-state index contributed by atoms with van der Waals surface area (Å²) < 4.78 is 26.4. The second-order valence-electron chi connectivity index (χ2n) is 10.1. The first kappa shape index (κ1) is 32.7. The average Bonchev–Trinajstić information content (AvgIpc) is 2.89. The quantitative estimate of drug-likeness (QED) is 0.236. The molecule has 1 N–H and O–H groups in total. The van der Waals surface area contributed by atoms with Gasteiger partial charge in [0.2, 0.25) is 21.8 Å². The minimum Gasteiger partial charge on any atom is -0.352 e. The summed E-state index contributed by atoms with van der Waals surface area (Å²) in [6, 6.07) is 20.3. The van der Waals surface area contributed by atoms with Gasteiger partial charge in [-0.15, -0.1) is 0 Å². The Hall–Kier alpha value is -2.78. The fourth-order valence-corrected chi connectivity index (χ4v) is 6.04. The number of hydrogen-bond acceptors (Lipinski definition) is 4. The van der Waals surface area contributed by atoms with Crippen LogP contribution in [-0.4, -0.2) is 50.0 Å². The van der Waals surface area contributed by atoms with E-state index in [1.165, 1.54) is 12.1 Å². The molecule has 0 heterocycles. The summed E-state index contributed by atoms with van der Waals surface area (Å²) in [7, 11) is -3.73. The standard InChI is InChI=1S/C30H34Cl3N3O4S/c1-21(2)34-30(38)28(18-22-9-5-4-6-10-22)35(20-23-11-7-12-24(31)17-23)29(37)13-8-16-36(41(3,39)40)27-19-25(32)14-15-26(27)33/h4-7,9-12,14-15,17,19,21,28H,8,13,16,18,20H2,1-3H3,(H,34,38)/t28-/m0/s1. The molecule has 0 radical (unpaired) electrons. The van der Waals surface area contributed by atoms with Gasteiger partial charge in [-0.3, -0.25) is 13.9 Å². The summed E-state index contributed by atoms with van der Waals surface area (Å²) in [5.41, 5.74) is 1.91. The van der Waals surface area contributed by atoms with E-state index in [9.17, 15) is 18.0 Å². The number of carbonyl (C=O) groups excluding carboxylic acids is 2. The molecule has 2 amide bonds. The molecule has 3 aromatic rings. The summed E-state index contributed by atoms with van der Waals surface area (Å²) in [6.45, 7) is 3.87. The lowest BCUT2D eigenvalue weighted by molar-refractivity contribution is -0.141. The molecule has 0 aliphatic carbocycles. The van der Waals surface area contributed by atoms with E-state index >= 15 is 0 Å². The van der Waals surface area contributed by atoms with Gasteiger partial charge in [0, 0.05) is 42.0 Å². The number of carbonyl (C=O) groups is 2. The first-order chi connectivity index (χ1) is 19.3. The molecular formula is C30H34Cl3N3O4S. The van der Waals surface area contributed by atoms with Gasteiger partial charge in [0.15, 0.2) is 0 Å². The van der Waals surface area contributed by atoms with Gasteiger partial charge in [-0.05, 0) is 61.7 Å². The molecule has 41 heavy (non-hydrogen) atoms. The number of halogens is 3.